The molecule has 0 amide bonds. The SMILES string of the molecule is O=C(CC1CCC(Nc2nccc(Nc3cc(C4CCCC4)[nH]n3)n2)CC1)CC1CC(c2ccccc2)C1. The average molecular weight is 513 g/mol. The first-order chi connectivity index (χ1) is 18.7. The summed E-state index contributed by atoms with van der Waals surface area (Å²) in [5.41, 5.74) is 2.65. The van der Waals surface area contributed by atoms with Crippen LogP contribution in [0.1, 0.15) is 100 Å². The van der Waals surface area contributed by atoms with E-state index in [1.165, 1.54) is 49.8 Å². The lowest BCUT2D eigenvalue weighted by molar-refractivity contribution is -0.121. The van der Waals surface area contributed by atoms with Gasteiger partial charge in [-0.2, -0.15) is 10.1 Å². The lowest BCUT2D eigenvalue weighted by Crippen LogP contribution is -2.29. The lowest BCUT2D eigenvalue weighted by atomic mass is 9.69. The van der Waals surface area contributed by atoms with Crippen molar-refractivity contribution in [3.05, 3.63) is 59.9 Å². The van der Waals surface area contributed by atoms with Gasteiger partial charge in [-0.25, -0.2) is 4.98 Å². The number of aromatic nitrogens is 4. The van der Waals surface area contributed by atoms with E-state index in [1.807, 2.05) is 6.07 Å². The van der Waals surface area contributed by atoms with Crippen molar-refractivity contribution in [1.82, 2.24) is 20.2 Å². The zero-order valence-electron chi connectivity index (χ0n) is 22.2. The summed E-state index contributed by atoms with van der Waals surface area (Å²) in [6, 6.07) is 15.1. The molecule has 3 saturated carbocycles. The van der Waals surface area contributed by atoms with Crippen LogP contribution in [0.3, 0.4) is 0 Å². The van der Waals surface area contributed by atoms with Gasteiger partial charge < -0.3 is 10.6 Å². The van der Waals surface area contributed by atoms with Gasteiger partial charge in [-0.3, -0.25) is 9.89 Å². The van der Waals surface area contributed by atoms with Crippen LogP contribution in [0.5, 0.6) is 0 Å². The Kier molecular flexibility index (Phi) is 7.70. The first-order valence-electron chi connectivity index (χ1n) is 14.7. The van der Waals surface area contributed by atoms with Crippen LogP contribution in [-0.2, 0) is 4.79 Å². The number of benzene rings is 1. The molecule has 0 aliphatic heterocycles. The standard InChI is InChI=1S/C31H40N6O/c38-27(19-22-16-25(17-22)23-6-2-1-3-7-23)18-21-10-12-26(13-11-21)33-31-32-15-14-29(35-31)34-30-20-28(36-37-30)24-8-4-5-9-24/h1-3,6-7,14-15,20-22,24-26H,4-5,8-13,16-19H2,(H3,32,33,34,35,36,37). The molecule has 3 N–H and O–H groups in total. The van der Waals surface area contributed by atoms with Gasteiger partial charge in [0.05, 0.1) is 0 Å². The molecular weight excluding hydrogens is 472 g/mol. The van der Waals surface area contributed by atoms with Gasteiger partial charge >= 0.3 is 0 Å². The molecule has 3 aliphatic carbocycles. The maximum atomic E-state index is 12.7. The number of hydrogen-bond acceptors (Lipinski definition) is 6. The van der Waals surface area contributed by atoms with Crippen LogP contribution in [0.25, 0.3) is 0 Å². The largest absolute Gasteiger partial charge is 0.351 e. The van der Waals surface area contributed by atoms with Crippen molar-refractivity contribution >= 4 is 23.4 Å². The first kappa shape index (κ1) is 25.1. The summed E-state index contributed by atoms with van der Waals surface area (Å²) in [6.07, 6.45) is 15.1. The third-order valence-corrected chi connectivity index (χ3v) is 9.02. The normalized spacial score (nSPS) is 25.6. The molecule has 200 valence electrons. The van der Waals surface area contributed by atoms with Crippen molar-refractivity contribution in [2.45, 2.75) is 94.9 Å². The molecule has 2 heterocycles. The number of aromatic amines is 1. The number of Topliss-reactive ketones (excluding diaryl/α,β-unsaturated/α-hetero) is 1. The topological polar surface area (TPSA) is 95.6 Å². The van der Waals surface area contributed by atoms with Gasteiger partial charge in [0.15, 0.2) is 5.82 Å². The molecule has 1 aromatic carbocycles. The number of nitrogens with one attached hydrogen (secondary N) is 3. The maximum absolute atomic E-state index is 12.7. The number of carbonyl (C=O) groups excluding carboxylic acids is 1. The van der Waals surface area contributed by atoms with E-state index >= 15 is 0 Å². The minimum absolute atomic E-state index is 0.356. The fourth-order valence-corrected chi connectivity index (χ4v) is 6.80. The Morgan fingerprint density at radius 1 is 0.868 bits per heavy atom. The Balaban J connectivity index is 0.917. The first-order valence-corrected chi connectivity index (χ1v) is 14.7. The molecule has 0 spiro atoms. The second-order valence-electron chi connectivity index (χ2n) is 11.8. The molecule has 0 bridgehead atoms. The lowest BCUT2D eigenvalue weighted by Gasteiger charge is -2.36. The number of hydrogen-bond donors (Lipinski definition) is 3. The average Bonchev–Trinajstić information content (AvgIpc) is 3.60. The number of rotatable bonds is 10. The number of carbonyl (C=O) groups is 1. The molecule has 2 aromatic heterocycles. The monoisotopic (exact) mass is 512 g/mol. The molecule has 6 rings (SSSR count). The van der Waals surface area contributed by atoms with Crippen molar-refractivity contribution in [2.24, 2.45) is 11.8 Å². The zero-order valence-corrected chi connectivity index (χ0v) is 22.2. The van der Waals surface area contributed by atoms with Crippen LogP contribution in [0, 0.1) is 11.8 Å². The van der Waals surface area contributed by atoms with Crippen molar-refractivity contribution in [1.29, 1.82) is 0 Å². The summed E-state index contributed by atoms with van der Waals surface area (Å²) < 4.78 is 0. The Hall–Kier alpha value is -3.22. The van der Waals surface area contributed by atoms with Gasteiger partial charge in [0.2, 0.25) is 5.95 Å². The summed E-state index contributed by atoms with van der Waals surface area (Å²) in [5.74, 6) is 5.04. The van der Waals surface area contributed by atoms with Gasteiger partial charge in [0.25, 0.3) is 0 Å². The molecule has 3 fully saturated rings. The highest BCUT2D eigenvalue weighted by Gasteiger charge is 2.32. The summed E-state index contributed by atoms with van der Waals surface area (Å²) in [4.78, 5) is 21.9. The van der Waals surface area contributed by atoms with Gasteiger partial charge in [-0.05, 0) is 80.8 Å². The summed E-state index contributed by atoms with van der Waals surface area (Å²) in [5, 5.41) is 14.5. The van der Waals surface area contributed by atoms with E-state index in [0.717, 1.165) is 50.2 Å². The second kappa shape index (κ2) is 11.7. The van der Waals surface area contributed by atoms with Crippen LogP contribution >= 0.6 is 0 Å². The molecule has 0 radical (unpaired) electrons. The molecule has 7 heteroatoms. The fraction of sp³-hybridized carbons (Fsp3) is 0.548. The van der Waals surface area contributed by atoms with E-state index in [0.29, 0.717) is 41.4 Å². The van der Waals surface area contributed by atoms with E-state index in [2.05, 4.69) is 67.2 Å². The minimum Gasteiger partial charge on any atom is -0.351 e. The molecule has 0 atom stereocenters. The summed E-state index contributed by atoms with van der Waals surface area (Å²) in [7, 11) is 0. The molecule has 38 heavy (non-hydrogen) atoms. The third-order valence-electron chi connectivity index (χ3n) is 9.02. The maximum Gasteiger partial charge on any atom is 0.224 e. The second-order valence-corrected chi connectivity index (χ2v) is 11.8. The van der Waals surface area contributed by atoms with Crippen LogP contribution in [0.15, 0.2) is 48.7 Å². The Morgan fingerprint density at radius 2 is 1.63 bits per heavy atom. The van der Waals surface area contributed by atoms with E-state index < -0.39 is 0 Å². The predicted molar refractivity (Wildman–Crippen MR) is 151 cm³/mol. The van der Waals surface area contributed by atoms with E-state index in [1.54, 1.807) is 6.20 Å². The number of H-pyrrole nitrogens is 1. The molecule has 3 aromatic rings. The minimum atomic E-state index is 0.356. The van der Waals surface area contributed by atoms with Gasteiger partial charge in [-0.1, -0.05) is 43.2 Å². The Bertz CT molecular complexity index is 1190. The highest BCUT2D eigenvalue weighted by atomic mass is 16.1. The van der Waals surface area contributed by atoms with Crippen LogP contribution < -0.4 is 10.6 Å². The Labute approximate surface area is 225 Å². The molecule has 0 saturated heterocycles. The van der Waals surface area contributed by atoms with E-state index in [9.17, 15) is 4.79 Å². The molecular formula is C31H40N6O. The highest BCUT2D eigenvalue weighted by molar-refractivity contribution is 5.79. The van der Waals surface area contributed by atoms with Gasteiger partial charge in [-0.15, -0.1) is 0 Å². The van der Waals surface area contributed by atoms with Crippen LogP contribution in [0.4, 0.5) is 17.6 Å². The summed E-state index contributed by atoms with van der Waals surface area (Å²) in [6.45, 7) is 0. The van der Waals surface area contributed by atoms with Crippen LogP contribution in [0.2, 0.25) is 0 Å². The van der Waals surface area contributed by atoms with Crippen molar-refractivity contribution in [2.75, 3.05) is 10.6 Å². The van der Waals surface area contributed by atoms with E-state index in [-0.39, 0.29) is 0 Å². The summed E-state index contributed by atoms with van der Waals surface area (Å²) >= 11 is 0. The highest BCUT2D eigenvalue weighted by Crippen LogP contribution is 2.44. The van der Waals surface area contributed by atoms with Crippen molar-refractivity contribution in [3.8, 4) is 0 Å². The van der Waals surface area contributed by atoms with Crippen LogP contribution in [-0.4, -0.2) is 32.0 Å². The van der Waals surface area contributed by atoms with Crippen molar-refractivity contribution in [3.63, 3.8) is 0 Å². The van der Waals surface area contributed by atoms with E-state index in [4.69, 9.17) is 0 Å². The predicted octanol–water partition coefficient (Wildman–Crippen LogP) is 7.11. The quantitative estimate of drug-likeness (QED) is 0.268. The fourth-order valence-electron chi connectivity index (χ4n) is 6.80. The smallest absolute Gasteiger partial charge is 0.224 e. The van der Waals surface area contributed by atoms with Gasteiger partial charge in [0, 0.05) is 42.8 Å². The number of anilines is 3. The number of nitrogens with zero attached hydrogens (tertiary/aromatic N) is 3. The van der Waals surface area contributed by atoms with Gasteiger partial charge in [0.1, 0.15) is 11.6 Å². The Morgan fingerprint density at radius 3 is 2.42 bits per heavy atom. The zero-order chi connectivity index (χ0) is 25.7. The molecule has 7 nitrogen and oxygen atoms in total. The van der Waals surface area contributed by atoms with Crippen molar-refractivity contribution < 1.29 is 4.79 Å². The molecule has 0 unspecified atom stereocenters. The third kappa shape index (κ3) is 6.25. The number of ketones is 1. The molecule has 3 aliphatic rings.